The smallest absolute Gasteiger partial charge is 0.356 e. The number of benzene rings is 1. The van der Waals surface area contributed by atoms with Gasteiger partial charge in [-0.3, -0.25) is 9.89 Å². The molecule has 1 aromatic heterocycles. The molecule has 2 aromatic rings. The summed E-state index contributed by atoms with van der Waals surface area (Å²) in [6, 6.07) is 6.63. The average Bonchev–Trinajstić information content (AvgIpc) is 2.95. The molecule has 0 fully saturated rings. The molecule has 0 aliphatic carbocycles. The van der Waals surface area contributed by atoms with Crippen molar-refractivity contribution in [2.75, 3.05) is 11.9 Å². The maximum atomic E-state index is 11.7. The Balaban J connectivity index is 1.90. The van der Waals surface area contributed by atoms with E-state index in [2.05, 4.69) is 15.5 Å². The summed E-state index contributed by atoms with van der Waals surface area (Å²) in [6.45, 7) is 1.40. The van der Waals surface area contributed by atoms with E-state index in [0.717, 1.165) is 5.56 Å². The molecule has 2 rings (SSSR count). The zero-order valence-corrected chi connectivity index (χ0v) is 11.4. The maximum Gasteiger partial charge on any atom is 0.356 e. The van der Waals surface area contributed by atoms with E-state index in [9.17, 15) is 9.59 Å². The topological polar surface area (TPSA) is 84.1 Å². The summed E-state index contributed by atoms with van der Waals surface area (Å²) in [5.41, 5.74) is 1.53. The monoisotopic (exact) mass is 293 g/mol. The van der Waals surface area contributed by atoms with Crippen LogP contribution in [0.2, 0.25) is 5.02 Å². The number of carbonyl (C=O) groups excluding carboxylic acids is 2. The third kappa shape index (κ3) is 3.36. The molecular formula is C13H12ClN3O3. The van der Waals surface area contributed by atoms with Gasteiger partial charge in [0.15, 0.2) is 6.61 Å². The minimum atomic E-state index is -0.638. The number of carbonyl (C=O) groups is 2. The van der Waals surface area contributed by atoms with Gasteiger partial charge < -0.3 is 10.1 Å². The Kier molecular flexibility index (Phi) is 4.37. The number of ether oxygens (including phenoxy) is 1. The Hall–Kier alpha value is -2.34. The standard InChI is InChI=1S/C13H12ClN3O3/c1-8-9(14)3-2-4-10(8)16-12(18)7-20-13(19)11-5-6-15-17-11/h2-6H,7H2,1H3,(H,15,17)(H,16,18). The Bertz CT molecular complexity index is 626. The molecule has 2 N–H and O–H groups in total. The highest BCUT2D eigenvalue weighted by Gasteiger charge is 2.12. The van der Waals surface area contributed by atoms with Crippen molar-refractivity contribution in [3.8, 4) is 0 Å². The number of anilines is 1. The van der Waals surface area contributed by atoms with E-state index in [1.807, 2.05) is 0 Å². The highest BCUT2D eigenvalue weighted by Crippen LogP contribution is 2.22. The minimum Gasteiger partial charge on any atom is -0.451 e. The first-order valence-electron chi connectivity index (χ1n) is 5.79. The zero-order valence-electron chi connectivity index (χ0n) is 10.6. The first-order chi connectivity index (χ1) is 9.58. The van der Waals surface area contributed by atoms with E-state index in [0.29, 0.717) is 10.7 Å². The molecule has 1 aromatic carbocycles. The quantitative estimate of drug-likeness (QED) is 0.846. The molecule has 104 valence electrons. The molecule has 0 saturated carbocycles. The van der Waals surface area contributed by atoms with Crippen molar-refractivity contribution in [3.63, 3.8) is 0 Å². The number of hydrogen-bond donors (Lipinski definition) is 2. The first-order valence-corrected chi connectivity index (χ1v) is 6.17. The van der Waals surface area contributed by atoms with Crippen LogP contribution in [0.4, 0.5) is 5.69 Å². The van der Waals surface area contributed by atoms with E-state index in [1.165, 1.54) is 12.3 Å². The number of hydrogen-bond acceptors (Lipinski definition) is 4. The zero-order chi connectivity index (χ0) is 14.5. The summed E-state index contributed by atoms with van der Waals surface area (Å²) in [7, 11) is 0. The summed E-state index contributed by atoms with van der Waals surface area (Å²) < 4.78 is 4.84. The van der Waals surface area contributed by atoms with Gasteiger partial charge in [0.2, 0.25) is 0 Å². The van der Waals surface area contributed by atoms with Crippen molar-refractivity contribution in [3.05, 3.63) is 46.7 Å². The summed E-state index contributed by atoms with van der Waals surface area (Å²) >= 11 is 5.94. The number of esters is 1. The van der Waals surface area contributed by atoms with Gasteiger partial charge in [-0.05, 0) is 30.7 Å². The second-order valence-corrected chi connectivity index (χ2v) is 4.41. The van der Waals surface area contributed by atoms with Crippen LogP contribution in [0, 0.1) is 6.92 Å². The maximum absolute atomic E-state index is 11.7. The lowest BCUT2D eigenvalue weighted by atomic mass is 10.2. The molecule has 1 heterocycles. The van der Waals surface area contributed by atoms with Gasteiger partial charge in [-0.2, -0.15) is 5.10 Å². The van der Waals surface area contributed by atoms with Crippen LogP contribution < -0.4 is 5.32 Å². The van der Waals surface area contributed by atoms with E-state index in [4.69, 9.17) is 16.3 Å². The number of H-pyrrole nitrogens is 1. The fraction of sp³-hybridized carbons (Fsp3) is 0.154. The molecule has 0 aliphatic rings. The van der Waals surface area contributed by atoms with Crippen LogP contribution >= 0.6 is 11.6 Å². The van der Waals surface area contributed by atoms with Crippen molar-refractivity contribution in [1.82, 2.24) is 10.2 Å². The van der Waals surface area contributed by atoms with Crippen molar-refractivity contribution in [2.24, 2.45) is 0 Å². The van der Waals surface area contributed by atoms with Crippen LogP contribution in [0.25, 0.3) is 0 Å². The number of halogens is 1. The summed E-state index contributed by atoms with van der Waals surface area (Å²) in [5.74, 6) is -1.08. The molecular weight excluding hydrogens is 282 g/mol. The van der Waals surface area contributed by atoms with Crippen molar-refractivity contribution >= 4 is 29.2 Å². The Morgan fingerprint density at radius 2 is 2.20 bits per heavy atom. The Labute approximate surface area is 120 Å². The number of nitrogens with zero attached hydrogens (tertiary/aromatic N) is 1. The van der Waals surface area contributed by atoms with Crippen LogP contribution in [0.1, 0.15) is 16.1 Å². The fourth-order valence-corrected chi connectivity index (χ4v) is 1.68. The molecule has 0 spiro atoms. The lowest BCUT2D eigenvalue weighted by molar-refractivity contribution is -0.119. The first kappa shape index (κ1) is 14.1. The van der Waals surface area contributed by atoms with Gasteiger partial charge in [0.05, 0.1) is 0 Å². The largest absolute Gasteiger partial charge is 0.451 e. The summed E-state index contributed by atoms with van der Waals surface area (Å²) in [4.78, 5) is 23.2. The lowest BCUT2D eigenvalue weighted by Crippen LogP contribution is -2.21. The van der Waals surface area contributed by atoms with Gasteiger partial charge in [-0.15, -0.1) is 0 Å². The third-order valence-electron chi connectivity index (χ3n) is 2.60. The van der Waals surface area contributed by atoms with Crippen molar-refractivity contribution in [2.45, 2.75) is 6.92 Å². The predicted octanol–water partition coefficient (Wildman–Crippen LogP) is 2.17. The summed E-state index contributed by atoms with van der Waals surface area (Å²) in [5, 5.41) is 9.25. The molecule has 0 saturated heterocycles. The van der Waals surface area contributed by atoms with E-state index in [1.54, 1.807) is 25.1 Å². The highest BCUT2D eigenvalue weighted by atomic mass is 35.5. The second-order valence-electron chi connectivity index (χ2n) is 4.01. The molecule has 0 atom stereocenters. The minimum absolute atomic E-state index is 0.191. The molecule has 20 heavy (non-hydrogen) atoms. The van der Waals surface area contributed by atoms with Crippen LogP contribution in [0.5, 0.6) is 0 Å². The Morgan fingerprint density at radius 3 is 2.90 bits per heavy atom. The predicted molar refractivity (Wildman–Crippen MR) is 73.7 cm³/mol. The van der Waals surface area contributed by atoms with E-state index < -0.39 is 11.9 Å². The lowest BCUT2D eigenvalue weighted by Gasteiger charge is -2.09. The van der Waals surface area contributed by atoms with Crippen LogP contribution in [-0.2, 0) is 9.53 Å². The van der Waals surface area contributed by atoms with E-state index >= 15 is 0 Å². The second kappa shape index (κ2) is 6.21. The third-order valence-corrected chi connectivity index (χ3v) is 3.01. The fourth-order valence-electron chi connectivity index (χ4n) is 1.51. The highest BCUT2D eigenvalue weighted by molar-refractivity contribution is 6.31. The number of aromatic nitrogens is 2. The normalized spacial score (nSPS) is 10.1. The molecule has 0 unspecified atom stereocenters. The van der Waals surface area contributed by atoms with Gasteiger partial charge in [-0.25, -0.2) is 4.79 Å². The number of aromatic amines is 1. The molecule has 6 nitrogen and oxygen atoms in total. The molecule has 0 radical (unpaired) electrons. The van der Waals surface area contributed by atoms with Crippen LogP contribution in [0.3, 0.4) is 0 Å². The molecule has 0 aliphatic heterocycles. The molecule has 0 bridgehead atoms. The SMILES string of the molecule is Cc1c(Cl)cccc1NC(=O)COC(=O)c1ccn[nH]1. The van der Waals surface area contributed by atoms with Gasteiger partial charge in [0, 0.05) is 16.9 Å². The molecule has 7 heteroatoms. The van der Waals surface area contributed by atoms with Gasteiger partial charge >= 0.3 is 5.97 Å². The number of rotatable bonds is 4. The van der Waals surface area contributed by atoms with Gasteiger partial charge in [0.1, 0.15) is 5.69 Å². The van der Waals surface area contributed by atoms with Crippen LogP contribution in [-0.4, -0.2) is 28.7 Å². The number of nitrogens with one attached hydrogen (secondary N) is 2. The molecule has 1 amide bonds. The van der Waals surface area contributed by atoms with E-state index in [-0.39, 0.29) is 12.3 Å². The van der Waals surface area contributed by atoms with Crippen LogP contribution in [0.15, 0.2) is 30.5 Å². The van der Waals surface area contributed by atoms with Gasteiger partial charge in [0.25, 0.3) is 5.91 Å². The Morgan fingerprint density at radius 1 is 1.40 bits per heavy atom. The number of amides is 1. The average molecular weight is 294 g/mol. The van der Waals surface area contributed by atoms with Crippen molar-refractivity contribution in [1.29, 1.82) is 0 Å². The van der Waals surface area contributed by atoms with Gasteiger partial charge in [-0.1, -0.05) is 17.7 Å². The summed E-state index contributed by atoms with van der Waals surface area (Å²) in [6.07, 6.45) is 1.42. The van der Waals surface area contributed by atoms with Crippen molar-refractivity contribution < 1.29 is 14.3 Å².